The van der Waals surface area contributed by atoms with Crippen LogP contribution in [0.3, 0.4) is 0 Å². The van der Waals surface area contributed by atoms with E-state index < -0.39 is 0 Å². The molecule has 1 heterocycles. The zero-order valence-electron chi connectivity index (χ0n) is 10.5. The zero-order valence-corrected chi connectivity index (χ0v) is 10.5. The molecule has 0 bridgehead atoms. The molecule has 0 amide bonds. The Hall–Kier alpha value is -2.09. The average Bonchev–Trinajstić information content (AvgIpc) is 2.43. The summed E-state index contributed by atoms with van der Waals surface area (Å²) in [5, 5.41) is 0. The third kappa shape index (κ3) is 1.53. The number of fused-ring (bicyclic) bond motifs is 2. The summed E-state index contributed by atoms with van der Waals surface area (Å²) >= 11 is 0. The summed E-state index contributed by atoms with van der Waals surface area (Å²) in [6.45, 7) is 0. The highest BCUT2D eigenvalue weighted by Gasteiger charge is 2.51. The first-order valence-corrected chi connectivity index (χ1v) is 6.69. The molecule has 19 heavy (non-hydrogen) atoms. The summed E-state index contributed by atoms with van der Waals surface area (Å²) in [6, 6.07) is 17.9. The third-order valence-corrected chi connectivity index (χ3v) is 4.28. The minimum Gasteiger partial charge on any atom is -0.489 e. The highest BCUT2D eigenvalue weighted by atomic mass is 16.5. The molecule has 3 atom stereocenters. The fourth-order valence-electron chi connectivity index (χ4n) is 3.24. The van der Waals surface area contributed by atoms with Gasteiger partial charge in [0.2, 0.25) is 0 Å². The lowest BCUT2D eigenvalue weighted by Crippen LogP contribution is -2.50. The van der Waals surface area contributed by atoms with Crippen molar-refractivity contribution in [3.8, 4) is 5.75 Å². The molecule has 2 aliphatic rings. The number of carbonyl (C=O) groups excluding carboxylic acids is 1. The van der Waals surface area contributed by atoms with Gasteiger partial charge in [0.1, 0.15) is 11.9 Å². The molecule has 0 N–H and O–H groups in total. The van der Waals surface area contributed by atoms with Gasteiger partial charge in [0, 0.05) is 5.92 Å². The quantitative estimate of drug-likeness (QED) is 0.775. The fourth-order valence-corrected chi connectivity index (χ4v) is 3.24. The molecule has 2 unspecified atom stereocenters. The predicted molar refractivity (Wildman–Crippen MR) is 72.5 cm³/mol. The molecule has 0 radical (unpaired) electrons. The summed E-state index contributed by atoms with van der Waals surface area (Å²) in [5.41, 5.74) is 1.99. The first-order chi connectivity index (χ1) is 9.34. The van der Waals surface area contributed by atoms with Crippen LogP contribution in [0, 0.1) is 5.92 Å². The molecule has 1 aliphatic carbocycles. The number of rotatable bonds is 1. The number of benzene rings is 2. The van der Waals surface area contributed by atoms with E-state index in [0.29, 0.717) is 5.92 Å². The molecule has 1 saturated carbocycles. The van der Waals surface area contributed by atoms with Gasteiger partial charge >= 0.3 is 0 Å². The van der Waals surface area contributed by atoms with E-state index in [1.165, 1.54) is 5.56 Å². The van der Waals surface area contributed by atoms with E-state index >= 15 is 0 Å². The number of hydrogen-bond donors (Lipinski definition) is 0. The highest BCUT2D eigenvalue weighted by molar-refractivity contribution is 6.02. The van der Waals surface area contributed by atoms with Gasteiger partial charge in [-0.25, -0.2) is 0 Å². The van der Waals surface area contributed by atoms with Crippen LogP contribution in [-0.2, 0) is 0 Å². The molecule has 4 rings (SSSR count). The molecule has 0 spiro atoms. The van der Waals surface area contributed by atoms with E-state index in [1.807, 2.05) is 42.5 Å². The zero-order chi connectivity index (χ0) is 12.8. The van der Waals surface area contributed by atoms with Gasteiger partial charge in [-0.05, 0) is 24.1 Å². The van der Waals surface area contributed by atoms with Crippen molar-refractivity contribution in [1.29, 1.82) is 0 Å². The van der Waals surface area contributed by atoms with Gasteiger partial charge in [-0.2, -0.15) is 0 Å². The van der Waals surface area contributed by atoms with Gasteiger partial charge in [-0.1, -0.05) is 42.5 Å². The highest BCUT2D eigenvalue weighted by Crippen LogP contribution is 2.49. The third-order valence-electron chi connectivity index (χ3n) is 4.28. The van der Waals surface area contributed by atoms with Gasteiger partial charge in [-0.15, -0.1) is 0 Å². The predicted octanol–water partition coefficient (Wildman–Crippen LogP) is 3.43. The second kappa shape index (κ2) is 3.95. The molecular formula is C17H14O2. The maximum Gasteiger partial charge on any atom is 0.173 e. The Morgan fingerprint density at radius 3 is 2.53 bits per heavy atom. The van der Waals surface area contributed by atoms with Crippen LogP contribution in [0.2, 0.25) is 0 Å². The smallest absolute Gasteiger partial charge is 0.173 e. The van der Waals surface area contributed by atoms with E-state index in [0.717, 1.165) is 17.7 Å². The molecule has 2 aromatic carbocycles. The standard InChI is InChI=1S/C17H14O2/c18-17-12-8-4-5-9-14(12)19-15-10-13(16(15)17)11-6-2-1-3-7-11/h1-9,13,15-16H,10H2/t13?,15-,16?/m0/s1. The SMILES string of the molecule is O=C1c2ccccc2O[C@H]2CC(c3ccccc3)C12. The van der Waals surface area contributed by atoms with E-state index in [2.05, 4.69) is 12.1 Å². The molecule has 0 aromatic heterocycles. The Morgan fingerprint density at radius 1 is 0.947 bits per heavy atom. The number of carbonyl (C=O) groups is 1. The van der Waals surface area contributed by atoms with Crippen molar-refractivity contribution >= 4 is 5.78 Å². The molecule has 2 heteroatoms. The van der Waals surface area contributed by atoms with Crippen LogP contribution in [0.4, 0.5) is 0 Å². The van der Waals surface area contributed by atoms with Crippen molar-refractivity contribution in [3.63, 3.8) is 0 Å². The van der Waals surface area contributed by atoms with Crippen LogP contribution in [0.5, 0.6) is 5.75 Å². The molecule has 2 nitrogen and oxygen atoms in total. The first-order valence-electron chi connectivity index (χ1n) is 6.69. The van der Waals surface area contributed by atoms with Crippen molar-refractivity contribution in [3.05, 3.63) is 65.7 Å². The summed E-state index contributed by atoms with van der Waals surface area (Å²) in [7, 11) is 0. The Kier molecular flexibility index (Phi) is 2.25. The molecular weight excluding hydrogens is 236 g/mol. The lowest BCUT2D eigenvalue weighted by molar-refractivity contribution is 0.0126. The number of ether oxygens (including phenoxy) is 1. The lowest BCUT2D eigenvalue weighted by atomic mass is 9.63. The lowest BCUT2D eigenvalue weighted by Gasteiger charge is -2.46. The summed E-state index contributed by atoms with van der Waals surface area (Å²) < 4.78 is 5.93. The van der Waals surface area contributed by atoms with Gasteiger partial charge in [-0.3, -0.25) is 4.79 Å². The molecule has 2 aromatic rings. The van der Waals surface area contributed by atoms with Crippen LogP contribution < -0.4 is 4.74 Å². The van der Waals surface area contributed by atoms with E-state index in [4.69, 9.17) is 4.74 Å². The average molecular weight is 250 g/mol. The van der Waals surface area contributed by atoms with Crippen LogP contribution in [0.15, 0.2) is 54.6 Å². The van der Waals surface area contributed by atoms with Gasteiger partial charge < -0.3 is 4.74 Å². The van der Waals surface area contributed by atoms with Gasteiger partial charge in [0.05, 0.1) is 11.5 Å². The normalized spacial score (nSPS) is 27.8. The minimum atomic E-state index is -0.00250. The largest absolute Gasteiger partial charge is 0.489 e. The Balaban J connectivity index is 1.70. The van der Waals surface area contributed by atoms with Crippen molar-refractivity contribution in [2.45, 2.75) is 18.4 Å². The fraction of sp³-hybridized carbons (Fsp3) is 0.235. The van der Waals surface area contributed by atoms with E-state index in [9.17, 15) is 4.79 Å². The van der Waals surface area contributed by atoms with E-state index in [-0.39, 0.29) is 17.8 Å². The van der Waals surface area contributed by atoms with Crippen molar-refractivity contribution in [2.75, 3.05) is 0 Å². The minimum absolute atomic E-state index is 0.00250. The Bertz CT molecular complexity index is 633. The van der Waals surface area contributed by atoms with Gasteiger partial charge in [0.25, 0.3) is 0 Å². The van der Waals surface area contributed by atoms with Gasteiger partial charge in [0.15, 0.2) is 5.78 Å². The Labute approximate surface area is 112 Å². The molecule has 1 fully saturated rings. The van der Waals surface area contributed by atoms with Crippen molar-refractivity contribution in [1.82, 2.24) is 0 Å². The number of ketones is 1. The summed E-state index contributed by atoms with van der Waals surface area (Å²) in [4.78, 5) is 12.6. The molecule has 1 aliphatic heterocycles. The Morgan fingerprint density at radius 2 is 1.68 bits per heavy atom. The number of Topliss-reactive ketones (excluding diaryl/α,β-unsaturated/α-hetero) is 1. The summed E-state index contributed by atoms with van der Waals surface area (Å²) in [6.07, 6.45) is 1.00. The van der Waals surface area contributed by atoms with Crippen LogP contribution in [-0.4, -0.2) is 11.9 Å². The monoisotopic (exact) mass is 250 g/mol. The maximum atomic E-state index is 12.6. The van der Waals surface area contributed by atoms with Crippen molar-refractivity contribution in [2.24, 2.45) is 5.92 Å². The topological polar surface area (TPSA) is 26.3 Å². The van der Waals surface area contributed by atoms with Crippen LogP contribution in [0.1, 0.15) is 28.3 Å². The van der Waals surface area contributed by atoms with E-state index in [1.54, 1.807) is 0 Å². The number of hydrogen-bond acceptors (Lipinski definition) is 2. The molecule has 0 saturated heterocycles. The second-order valence-electron chi connectivity index (χ2n) is 5.30. The first kappa shape index (κ1) is 10.8. The van der Waals surface area contributed by atoms with Crippen LogP contribution >= 0.6 is 0 Å². The van der Waals surface area contributed by atoms with Crippen LogP contribution in [0.25, 0.3) is 0 Å². The molecule has 94 valence electrons. The second-order valence-corrected chi connectivity index (χ2v) is 5.30. The van der Waals surface area contributed by atoms with Crippen molar-refractivity contribution < 1.29 is 9.53 Å². The summed E-state index contributed by atoms with van der Waals surface area (Å²) in [5.74, 6) is 1.30. The number of para-hydroxylation sites is 1. The maximum absolute atomic E-state index is 12.6.